The van der Waals surface area contributed by atoms with E-state index in [1.807, 2.05) is 42.5 Å². The van der Waals surface area contributed by atoms with Crippen LogP contribution in [0.4, 0.5) is 16.2 Å². The van der Waals surface area contributed by atoms with Crippen molar-refractivity contribution in [2.24, 2.45) is 0 Å². The highest BCUT2D eigenvalue weighted by atomic mass is 16.2. The van der Waals surface area contributed by atoms with Gasteiger partial charge in [0.25, 0.3) is 0 Å². The van der Waals surface area contributed by atoms with Gasteiger partial charge in [-0.25, -0.2) is 4.79 Å². The summed E-state index contributed by atoms with van der Waals surface area (Å²) in [6.07, 6.45) is 10.6. The normalized spacial score (nSPS) is 11.0. The van der Waals surface area contributed by atoms with Crippen molar-refractivity contribution in [3.63, 3.8) is 0 Å². The number of fused-ring (bicyclic) bond motifs is 1. The number of anilines is 2. The van der Waals surface area contributed by atoms with Crippen LogP contribution in [0, 0.1) is 0 Å². The van der Waals surface area contributed by atoms with Gasteiger partial charge in [0.2, 0.25) is 0 Å². The molecular weight excluding hydrogens is 340 g/mol. The van der Waals surface area contributed by atoms with Crippen molar-refractivity contribution in [2.45, 2.75) is 0 Å². The van der Waals surface area contributed by atoms with Crippen molar-refractivity contribution in [3.8, 4) is 0 Å². The molecule has 0 aliphatic carbocycles. The molecule has 0 saturated heterocycles. The van der Waals surface area contributed by atoms with E-state index in [1.165, 1.54) is 0 Å². The van der Waals surface area contributed by atoms with Gasteiger partial charge in [-0.1, -0.05) is 12.1 Å². The zero-order valence-corrected chi connectivity index (χ0v) is 14.3. The Morgan fingerprint density at radius 1 is 0.926 bits per heavy atom. The number of nitrogens with zero attached hydrogens (tertiary/aromatic N) is 3. The number of aromatic nitrogens is 4. The number of rotatable bonds is 4. The first kappa shape index (κ1) is 16.5. The van der Waals surface area contributed by atoms with Crippen molar-refractivity contribution in [2.75, 3.05) is 10.6 Å². The fraction of sp³-hybridized carbons (Fsp3) is 0. The monoisotopic (exact) mass is 356 g/mol. The molecule has 4 aromatic rings. The van der Waals surface area contributed by atoms with Crippen LogP contribution in [0.2, 0.25) is 0 Å². The molecule has 0 bridgehead atoms. The van der Waals surface area contributed by atoms with Crippen LogP contribution in [0.15, 0.2) is 67.3 Å². The minimum atomic E-state index is -0.335. The standard InChI is InChI=1S/C20H16N6O/c27-20(24-16-4-2-10-22-13-16)23-15-6-7-17-18(25-26-19(17)11-15)8-5-14-3-1-9-21-12-14/h1-13H,(H,25,26)(H2,23,24,27)/b8-5+. The predicted molar refractivity (Wildman–Crippen MR) is 106 cm³/mol. The molecule has 0 atom stereocenters. The third kappa shape index (κ3) is 3.98. The number of hydrogen-bond donors (Lipinski definition) is 3. The highest BCUT2D eigenvalue weighted by Gasteiger charge is 2.07. The molecule has 0 aliphatic rings. The maximum atomic E-state index is 12.1. The second-order valence-corrected chi connectivity index (χ2v) is 5.81. The number of H-pyrrole nitrogens is 1. The van der Waals surface area contributed by atoms with E-state index >= 15 is 0 Å². The van der Waals surface area contributed by atoms with Crippen LogP contribution in [0.3, 0.4) is 0 Å². The Morgan fingerprint density at radius 2 is 1.74 bits per heavy atom. The molecule has 4 rings (SSSR count). The molecule has 7 nitrogen and oxygen atoms in total. The van der Waals surface area contributed by atoms with Crippen LogP contribution < -0.4 is 10.6 Å². The minimum absolute atomic E-state index is 0.335. The Morgan fingerprint density at radius 3 is 2.52 bits per heavy atom. The Kier molecular flexibility index (Phi) is 4.57. The average molecular weight is 356 g/mol. The van der Waals surface area contributed by atoms with Gasteiger partial charge in [-0.2, -0.15) is 5.10 Å². The zero-order valence-electron chi connectivity index (χ0n) is 14.3. The Bertz CT molecular complexity index is 1090. The number of pyridine rings is 2. The lowest BCUT2D eigenvalue weighted by atomic mass is 10.1. The number of hydrogen-bond acceptors (Lipinski definition) is 4. The fourth-order valence-corrected chi connectivity index (χ4v) is 2.63. The molecule has 7 heteroatoms. The lowest BCUT2D eigenvalue weighted by Crippen LogP contribution is -2.19. The third-order valence-electron chi connectivity index (χ3n) is 3.89. The number of carbonyl (C=O) groups excluding carboxylic acids is 1. The van der Waals surface area contributed by atoms with Crippen molar-refractivity contribution in [1.29, 1.82) is 0 Å². The van der Waals surface area contributed by atoms with E-state index in [2.05, 4.69) is 30.8 Å². The summed E-state index contributed by atoms with van der Waals surface area (Å²) < 4.78 is 0. The average Bonchev–Trinajstić information content (AvgIpc) is 3.10. The maximum absolute atomic E-state index is 12.1. The Labute approximate surface area is 155 Å². The quantitative estimate of drug-likeness (QED) is 0.511. The molecule has 2 amide bonds. The van der Waals surface area contributed by atoms with Gasteiger partial charge in [0.1, 0.15) is 0 Å². The van der Waals surface area contributed by atoms with Gasteiger partial charge in [0.05, 0.1) is 23.1 Å². The molecule has 0 aliphatic heterocycles. The number of urea groups is 1. The van der Waals surface area contributed by atoms with Crippen LogP contribution in [0.5, 0.6) is 0 Å². The third-order valence-corrected chi connectivity index (χ3v) is 3.89. The molecule has 0 unspecified atom stereocenters. The molecule has 132 valence electrons. The molecule has 3 N–H and O–H groups in total. The van der Waals surface area contributed by atoms with Gasteiger partial charge >= 0.3 is 6.03 Å². The van der Waals surface area contributed by atoms with Crippen LogP contribution in [0.1, 0.15) is 11.3 Å². The number of benzene rings is 1. The highest BCUT2D eigenvalue weighted by Crippen LogP contribution is 2.22. The summed E-state index contributed by atoms with van der Waals surface area (Å²) in [6, 6.07) is 12.6. The molecule has 27 heavy (non-hydrogen) atoms. The van der Waals surface area contributed by atoms with Gasteiger partial charge in [0, 0.05) is 29.7 Å². The molecule has 3 aromatic heterocycles. The molecule has 3 heterocycles. The Balaban J connectivity index is 1.48. The van der Waals surface area contributed by atoms with Gasteiger partial charge in [0.15, 0.2) is 0 Å². The second kappa shape index (κ2) is 7.49. The van der Waals surface area contributed by atoms with Gasteiger partial charge in [-0.05, 0) is 48.0 Å². The van der Waals surface area contributed by atoms with E-state index in [1.54, 1.807) is 36.9 Å². The number of carbonyl (C=O) groups is 1. The van der Waals surface area contributed by atoms with Crippen molar-refractivity contribution >= 4 is 40.5 Å². The lowest BCUT2D eigenvalue weighted by molar-refractivity contribution is 0.262. The van der Waals surface area contributed by atoms with E-state index in [9.17, 15) is 4.79 Å². The first-order valence-corrected chi connectivity index (χ1v) is 8.32. The first-order chi connectivity index (χ1) is 13.3. The van der Waals surface area contributed by atoms with E-state index < -0.39 is 0 Å². The van der Waals surface area contributed by atoms with Crippen LogP contribution in [-0.4, -0.2) is 26.2 Å². The summed E-state index contributed by atoms with van der Waals surface area (Å²) in [5.74, 6) is 0. The largest absolute Gasteiger partial charge is 0.323 e. The number of amides is 2. The molecule has 0 fully saturated rings. The van der Waals surface area contributed by atoms with Crippen LogP contribution in [-0.2, 0) is 0 Å². The predicted octanol–water partition coefficient (Wildman–Crippen LogP) is 4.17. The van der Waals surface area contributed by atoms with Crippen LogP contribution >= 0.6 is 0 Å². The molecular formula is C20H16N6O. The Hall–Kier alpha value is -4.00. The van der Waals surface area contributed by atoms with Gasteiger partial charge in [-0.3, -0.25) is 15.1 Å². The SMILES string of the molecule is O=C(Nc1cccnc1)Nc1ccc2c(/C=C/c3cccnc3)n[nH]c2c1. The maximum Gasteiger partial charge on any atom is 0.323 e. The minimum Gasteiger partial charge on any atom is -0.308 e. The first-order valence-electron chi connectivity index (χ1n) is 8.32. The van der Waals surface area contributed by atoms with E-state index in [-0.39, 0.29) is 6.03 Å². The summed E-state index contributed by atoms with van der Waals surface area (Å²) in [5.41, 5.74) is 3.94. The summed E-state index contributed by atoms with van der Waals surface area (Å²) in [7, 11) is 0. The van der Waals surface area contributed by atoms with E-state index in [0.29, 0.717) is 11.4 Å². The van der Waals surface area contributed by atoms with Gasteiger partial charge < -0.3 is 10.6 Å². The highest BCUT2D eigenvalue weighted by molar-refractivity contribution is 6.01. The summed E-state index contributed by atoms with van der Waals surface area (Å²) >= 11 is 0. The summed E-state index contributed by atoms with van der Waals surface area (Å²) in [6.45, 7) is 0. The van der Waals surface area contributed by atoms with Crippen LogP contribution in [0.25, 0.3) is 23.1 Å². The topological polar surface area (TPSA) is 95.6 Å². The number of nitrogens with one attached hydrogen (secondary N) is 3. The zero-order chi connectivity index (χ0) is 18.5. The lowest BCUT2D eigenvalue weighted by Gasteiger charge is -2.07. The second-order valence-electron chi connectivity index (χ2n) is 5.81. The molecule has 1 aromatic carbocycles. The van der Waals surface area contributed by atoms with E-state index in [0.717, 1.165) is 22.2 Å². The van der Waals surface area contributed by atoms with E-state index in [4.69, 9.17) is 0 Å². The van der Waals surface area contributed by atoms with Crippen molar-refractivity contribution < 1.29 is 4.79 Å². The molecule has 0 spiro atoms. The fourth-order valence-electron chi connectivity index (χ4n) is 2.63. The smallest absolute Gasteiger partial charge is 0.308 e. The van der Waals surface area contributed by atoms with Crippen molar-refractivity contribution in [1.82, 2.24) is 20.2 Å². The molecule has 0 radical (unpaired) electrons. The summed E-state index contributed by atoms with van der Waals surface area (Å²) in [5, 5.41) is 13.8. The van der Waals surface area contributed by atoms with Gasteiger partial charge in [-0.15, -0.1) is 0 Å². The van der Waals surface area contributed by atoms with Crippen molar-refractivity contribution in [3.05, 3.63) is 78.5 Å². The molecule has 0 saturated carbocycles. The summed E-state index contributed by atoms with van der Waals surface area (Å²) in [4.78, 5) is 20.1. The number of aromatic amines is 1.